The molecule has 0 fully saturated rings. The van der Waals surface area contributed by atoms with Gasteiger partial charge in [-0.15, -0.1) is 0 Å². The Bertz CT molecular complexity index is 1350. The SMILES string of the molecule is CNC(=O)[C@@H](C)N(Cc1ccccc1F)C(=O)CN(c1ccc(F)cc1)S(=O)(=O)c1ccc(OC)cc1. The number of hydrogen-bond acceptors (Lipinski definition) is 5. The fourth-order valence-electron chi connectivity index (χ4n) is 3.61. The monoisotopic (exact) mass is 531 g/mol. The molecule has 0 aromatic heterocycles. The number of sulfonamides is 1. The van der Waals surface area contributed by atoms with Crippen molar-refractivity contribution in [2.24, 2.45) is 0 Å². The lowest BCUT2D eigenvalue weighted by Crippen LogP contribution is -2.50. The van der Waals surface area contributed by atoms with E-state index in [0.717, 1.165) is 21.3 Å². The molecule has 0 spiro atoms. The molecular weight excluding hydrogens is 504 g/mol. The summed E-state index contributed by atoms with van der Waals surface area (Å²) in [7, 11) is -1.49. The number of benzene rings is 3. The summed E-state index contributed by atoms with van der Waals surface area (Å²) in [6, 6.07) is 14.9. The molecule has 0 unspecified atom stereocenters. The Balaban J connectivity index is 2.03. The van der Waals surface area contributed by atoms with Crippen molar-refractivity contribution < 1.29 is 31.5 Å². The number of ether oxygens (including phenoxy) is 1. The van der Waals surface area contributed by atoms with Gasteiger partial charge in [-0.1, -0.05) is 18.2 Å². The summed E-state index contributed by atoms with van der Waals surface area (Å²) in [6.45, 7) is 0.452. The van der Waals surface area contributed by atoms with Crippen molar-refractivity contribution in [1.29, 1.82) is 0 Å². The standard InChI is InChI=1S/C26H27F2N3O5S/c1-18(26(33)29-2)30(16-19-6-4-5-7-24(19)28)25(32)17-31(21-10-8-20(27)9-11-21)37(34,35)23-14-12-22(36-3)13-15-23/h4-15,18H,16-17H2,1-3H3,(H,29,33)/t18-/m1/s1. The van der Waals surface area contributed by atoms with E-state index >= 15 is 0 Å². The van der Waals surface area contributed by atoms with Gasteiger partial charge in [0.25, 0.3) is 10.0 Å². The van der Waals surface area contributed by atoms with E-state index in [9.17, 15) is 26.8 Å². The Labute approximate surface area is 214 Å². The summed E-state index contributed by atoms with van der Waals surface area (Å²) < 4.78 is 61.2. The number of amides is 2. The number of hydrogen-bond donors (Lipinski definition) is 1. The van der Waals surface area contributed by atoms with Gasteiger partial charge >= 0.3 is 0 Å². The summed E-state index contributed by atoms with van der Waals surface area (Å²) in [4.78, 5) is 27.0. The summed E-state index contributed by atoms with van der Waals surface area (Å²) >= 11 is 0. The van der Waals surface area contributed by atoms with Crippen LogP contribution in [0, 0.1) is 11.6 Å². The minimum absolute atomic E-state index is 0.0315. The van der Waals surface area contributed by atoms with E-state index in [1.165, 1.54) is 75.7 Å². The third-order valence-electron chi connectivity index (χ3n) is 5.75. The second-order valence-corrected chi connectivity index (χ2v) is 9.93. The second kappa shape index (κ2) is 11.8. The highest BCUT2D eigenvalue weighted by molar-refractivity contribution is 7.92. The molecule has 37 heavy (non-hydrogen) atoms. The van der Waals surface area contributed by atoms with Crippen molar-refractivity contribution in [2.45, 2.75) is 24.4 Å². The molecule has 0 aliphatic rings. The van der Waals surface area contributed by atoms with Crippen LogP contribution in [0.1, 0.15) is 12.5 Å². The maximum Gasteiger partial charge on any atom is 0.264 e. The molecule has 0 heterocycles. The van der Waals surface area contributed by atoms with Crippen LogP contribution in [-0.2, 0) is 26.2 Å². The van der Waals surface area contributed by atoms with Gasteiger partial charge < -0.3 is 15.0 Å². The fourth-order valence-corrected chi connectivity index (χ4v) is 5.03. The Hall–Kier alpha value is -3.99. The van der Waals surface area contributed by atoms with E-state index in [0.29, 0.717) is 5.75 Å². The highest BCUT2D eigenvalue weighted by Gasteiger charge is 2.32. The molecule has 2 amide bonds. The molecule has 8 nitrogen and oxygen atoms in total. The lowest BCUT2D eigenvalue weighted by atomic mass is 10.1. The summed E-state index contributed by atoms with van der Waals surface area (Å²) in [6.07, 6.45) is 0. The molecule has 11 heteroatoms. The van der Waals surface area contributed by atoms with Crippen molar-refractivity contribution >= 4 is 27.5 Å². The van der Waals surface area contributed by atoms with Gasteiger partial charge in [-0.2, -0.15) is 0 Å². The summed E-state index contributed by atoms with van der Waals surface area (Å²) in [5, 5.41) is 2.45. The Morgan fingerprint density at radius 3 is 2.16 bits per heavy atom. The normalized spacial score (nSPS) is 11.9. The molecule has 0 aliphatic heterocycles. The minimum Gasteiger partial charge on any atom is -0.497 e. The zero-order valence-electron chi connectivity index (χ0n) is 20.5. The molecule has 1 atom stereocenters. The Kier molecular flexibility index (Phi) is 8.82. The molecule has 0 radical (unpaired) electrons. The number of carbonyl (C=O) groups excluding carboxylic acids is 2. The lowest BCUT2D eigenvalue weighted by molar-refractivity contribution is -0.139. The van der Waals surface area contributed by atoms with Gasteiger partial charge in [0.15, 0.2) is 0 Å². The molecule has 3 rings (SSSR count). The maximum absolute atomic E-state index is 14.4. The predicted molar refractivity (Wildman–Crippen MR) is 134 cm³/mol. The van der Waals surface area contributed by atoms with Crippen LogP contribution in [0.4, 0.5) is 14.5 Å². The number of methoxy groups -OCH3 is 1. The summed E-state index contributed by atoms with van der Waals surface area (Å²) in [5.74, 6) is -2.02. The number of rotatable bonds is 10. The van der Waals surface area contributed by atoms with Crippen molar-refractivity contribution in [1.82, 2.24) is 10.2 Å². The quantitative estimate of drug-likeness (QED) is 0.433. The van der Waals surface area contributed by atoms with E-state index in [-0.39, 0.29) is 22.7 Å². The van der Waals surface area contributed by atoms with Crippen LogP contribution in [0.15, 0.2) is 77.7 Å². The topological polar surface area (TPSA) is 96.0 Å². The van der Waals surface area contributed by atoms with Gasteiger partial charge in [0.1, 0.15) is 30.0 Å². The van der Waals surface area contributed by atoms with Crippen molar-refractivity contribution in [3.8, 4) is 5.75 Å². The first-order valence-corrected chi connectivity index (χ1v) is 12.7. The second-order valence-electron chi connectivity index (χ2n) is 8.07. The van der Waals surface area contributed by atoms with Crippen LogP contribution in [0.25, 0.3) is 0 Å². The number of nitrogens with one attached hydrogen (secondary N) is 1. The largest absolute Gasteiger partial charge is 0.497 e. The molecule has 3 aromatic carbocycles. The average molecular weight is 532 g/mol. The van der Waals surface area contributed by atoms with Crippen molar-refractivity contribution in [3.63, 3.8) is 0 Å². The molecule has 0 aliphatic carbocycles. The van der Waals surface area contributed by atoms with E-state index < -0.39 is 46.1 Å². The third-order valence-corrected chi connectivity index (χ3v) is 7.54. The van der Waals surface area contributed by atoms with Gasteiger partial charge in [-0.3, -0.25) is 13.9 Å². The predicted octanol–water partition coefficient (Wildman–Crippen LogP) is 3.33. The van der Waals surface area contributed by atoms with Crippen LogP contribution in [0.3, 0.4) is 0 Å². The minimum atomic E-state index is -4.32. The third kappa shape index (κ3) is 6.42. The number of likely N-dealkylation sites (N-methyl/N-ethyl adjacent to an activating group) is 1. The highest BCUT2D eigenvalue weighted by atomic mass is 32.2. The Morgan fingerprint density at radius 1 is 0.973 bits per heavy atom. The van der Waals surface area contributed by atoms with E-state index in [2.05, 4.69) is 5.32 Å². The summed E-state index contributed by atoms with van der Waals surface area (Å²) in [5.41, 5.74) is 0.182. The molecule has 3 aromatic rings. The number of anilines is 1. The van der Waals surface area contributed by atoms with Crippen molar-refractivity contribution in [3.05, 3.63) is 90.0 Å². The van der Waals surface area contributed by atoms with Crippen molar-refractivity contribution in [2.75, 3.05) is 25.0 Å². The van der Waals surface area contributed by atoms with Gasteiger partial charge in [0.2, 0.25) is 11.8 Å². The molecular formula is C26H27F2N3O5S. The smallest absolute Gasteiger partial charge is 0.264 e. The molecule has 196 valence electrons. The number of nitrogens with zero attached hydrogens (tertiary/aromatic N) is 2. The zero-order valence-corrected chi connectivity index (χ0v) is 21.3. The van der Waals surface area contributed by atoms with Crippen LogP contribution in [0.5, 0.6) is 5.75 Å². The first kappa shape index (κ1) is 27.6. The van der Waals surface area contributed by atoms with E-state index in [1.807, 2.05) is 0 Å². The van der Waals surface area contributed by atoms with Crippen LogP contribution >= 0.6 is 0 Å². The van der Waals surface area contributed by atoms with E-state index in [1.54, 1.807) is 6.07 Å². The molecule has 0 saturated carbocycles. The zero-order chi connectivity index (χ0) is 27.2. The Morgan fingerprint density at radius 2 is 1.59 bits per heavy atom. The lowest BCUT2D eigenvalue weighted by Gasteiger charge is -2.31. The van der Waals surface area contributed by atoms with Gasteiger partial charge in [0, 0.05) is 19.2 Å². The van der Waals surface area contributed by atoms with Gasteiger partial charge in [-0.25, -0.2) is 17.2 Å². The van der Waals surface area contributed by atoms with Gasteiger partial charge in [-0.05, 0) is 61.5 Å². The fraction of sp³-hybridized carbons (Fsp3) is 0.231. The first-order valence-electron chi connectivity index (χ1n) is 11.2. The van der Waals surface area contributed by atoms with Crippen LogP contribution < -0.4 is 14.4 Å². The first-order chi connectivity index (χ1) is 17.6. The van der Waals surface area contributed by atoms with Crippen LogP contribution in [0.2, 0.25) is 0 Å². The molecule has 0 saturated heterocycles. The average Bonchev–Trinajstić information content (AvgIpc) is 2.90. The molecule has 1 N–H and O–H groups in total. The van der Waals surface area contributed by atoms with E-state index in [4.69, 9.17) is 4.74 Å². The maximum atomic E-state index is 14.4. The highest BCUT2D eigenvalue weighted by Crippen LogP contribution is 2.26. The number of halogens is 2. The van der Waals surface area contributed by atoms with Crippen LogP contribution in [-0.4, -0.2) is 51.9 Å². The number of carbonyl (C=O) groups is 2. The van der Waals surface area contributed by atoms with Gasteiger partial charge in [0.05, 0.1) is 17.7 Å². The molecule has 0 bridgehead atoms.